The van der Waals surface area contributed by atoms with E-state index in [-0.39, 0.29) is 22.4 Å². The monoisotopic (exact) mass is 546 g/mol. The van der Waals surface area contributed by atoms with Crippen molar-refractivity contribution in [2.45, 2.75) is 44.4 Å². The Morgan fingerprint density at radius 2 is 1.81 bits per heavy atom. The minimum absolute atomic E-state index is 0.0304. The summed E-state index contributed by atoms with van der Waals surface area (Å²) >= 11 is 15.7. The highest BCUT2D eigenvalue weighted by Crippen LogP contribution is 2.32. The zero-order valence-electron chi connectivity index (χ0n) is 17.4. The third-order valence-electron chi connectivity index (χ3n) is 5.54. The molecule has 1 saturated heterocycles. The summed E-state index contributed by atoms with van der Waals surface area (Å²) in [6, 6.07) is 8.38. The summed E-state index contributed by atoms with van der Waals surface area (Å²) < 4.78 is 28.7. The maximum absolute atomic E-state index is 13.2. The van der Waals surface area contributed by atoms with Gasteiger partial charge in [-0.1, -0.05) is 53.0 Å². The maximum Gasteiger partial charge on any atom is 0.244 e. The van der Waals surface area contributed by atoms with Crippen LogP contribution in [-0.4, -0.2) is 31.7 Å². The highest BCUT2D eigenvalue weighted by Gasteiger charge is 2.34. The summed E-state index contributed by atoms with van der Waals surface area (Å²) in [6.07, 6.45) is 2.78. The Kier molecular flexibility index (Phi) is 8.08. The van der Waals surface area contributed by atoms with Crippen molar-refractivity contribution < 1.29 is 13.2 Å². The van der Waals surface area contributed by atoms with Crippen LogP contribution in [0.1, 0.15) is 37.8 Å². The van der Waals surface area contributed by atoms with E-state index in [2.05, 4.69) is 21.2 Å². The Bertz CT molecular complexity index is 1070. The Morgan fingerprint density at radius 1 is 1.16 bits per heavy atom. The molecule has 31 heavy (non-hydrogen) atoms. The van der Waals surface area contributed by atoms with Crippen molar-refractivity contribution in [2.75, 3.05) is 18.4 Å². The van der Waals surface area contributed by atoms with Gasteiger partial charge in [-0.2, -0.15) is 4.31 Å². The Morgan fingerprint density at radius 3 is 2.42 bits per heavy atom. The first-order valence-electron chi connectivity index (χ1n) is 10.2. The summed E-state index contributed by atoms with van der Waals surface area (Å²) in [6.45, 7) is 4.53. The van der Waals surface area contributed by atoms with E-state index in [1.54, 1.807) is 6.07 Å². The largest absolute Gasteiger partial charge is 0.325 e. The molecule has 5 nitrogen and oxygen atoms in total. The predicted octanol–water partition coefficient (Wildman–Crippen LogP) is 5.92. The molecule has 2 aromatic carbocycles. The number of piperidine rings is 1. The third-order valence-corrected chi connectivity index (χ3v) is 8.58. The molecular weight excluding hydrogens is 523 g/mol. The number of benzene rings is 2. The van der Waals surface area contributed by atoms with Gasteiger partial charge >= 0.3 is 0 Å². The topological polar surface area (TPSA) is 66.5 Å². The summed E-state index contributed by atoms with van der Waals surface area (Å²) in [5, 5.41) is 3.49. The standard InChI is InChI=1S/C22H25BrCl2N2O3S/c1-3-14-10-17(23)11-15(4-2)21(14)26-22(28)16-6-5-9-27(13-16)31(29,30)20-12-18(24)7-8-19(20)25/h7-8,10-12,16H,3-6,9,13H2,1-2H3,(H,26,28)/t16-/m0/s1. The maximum atomic E-state index is 13.2. The molecule has 0 saturated carbocycles. The lowest BCUT2D eigenvalue weighted by molar-refractivity contribution is -0.120. The lowest BCUT2D eigenvalue weighted by Gasteiger charge is -2.31. The van der Waals surface area contributed by atoms with Crippen molar-refractivity contribution in [3.05, 3.63) is 56.0 Å². The van der Waals surface area contributed by atoms with Gasteiger partial charge in [0.1, 0.15) is 4.90 Å². The van der Waals surface area contributed by atoms with E-state index in [1.165, 1.54) is 16.4 Å². The normalized spacial score (nSPS) is 17.5. The van der Waals surface area contributed by atoms with E-state index in [9.17, 15) is 13.2 Å². The number of nitrogens with one attached hydrogen (secondary N) is 1. The summed E-state index contributed by atoms with van der Waals surface area (Å²) in [7, 11) is -3.86. The second-order valence-corrected chi connectivity index (χ2v) is 11.2. The van der Waals surface area contributed by atoms with Crippen LogP contribution in [0.15, 0.2) is 39.7 Å². The van der Waals surface area contributed by atoms with Gasteiger partial charge in [-0.3, -0.25) is 4.79 Å². The number of nitrogens with zero attached hydrogens (tertiary/aromatic N) is 1. The number of hydrogen-bond donors (Lipinski definition) is 1. The van der Waals surface area contributed by atoms with Crippen molar-refractivity contribution in [1.82, 2.24) is 4.31 Å². The molecule has 1 aliphatic rings. The fourth-order valence-electron chi connectivity index (χ4n) is 3.86. The molecule has 1 heterocycles. The SMILES string of the molecule is CCc1cc(Br)cc(CC)c1NC(=O)[C@H]1CCCN(S(=O)(=O)c2cc(Cl)ccc2Cl)C1. The van der Waals surface area contributed by atoms with Crippen LogP contribution < -0.4 is 5.32 Å². The van der Waals surface area contributed by atoms with Crippen LogP contribution in [-0.2, 0) is 27.7 Å². The molecule has 0 unspecified atom stereocenters. The summed E-state index contributed by atoms with van der Waals surface area (Å²) in [5.41, 5.74) is 2.92. The average Bonchev–Trinajstić information content (AvgIpc) is 2.76. The minimum Gasteiger partial charge on any atom is -0.325 e. The van der Waals surface area contributed by atoms with Crippen LogP contribution in [0.5, 0.6) is 0 Å². The van der Waals surface area contributed by atoms with E-state index < -0.39 is 15.9 Å². The molecule has 0 spiro atoms. The number of rotatable bonds is 6. The van der Waals surface area contributed by atoms with Gasteiger partial charge in [-0.15, -0.1) is 0 Å². The first-order chi connectivity index (χ1) is 14.7. The van der Waals surface area contributed by atoms with Gasteiger partial charge in [-0.05, 0) is 67.1 Å². The highest BCUT2D eigenvalue weighted by atomic mass is 79.9. The molecule has 1 aliphatic heterocycles. The fraction of sp³-hybridized carbons (Fsp3) is 0.409. The molecule has 1 atom stereocenters. The predicted molar refractivity (Wildman–Crippen MR) is 129 cm³/mol. The van der Waals surface area contributed by atoms with E-state index in [0.29, 0.717) is 24.4 Å². The molecule has 1 fully saturated rings. The highest BCUT2D eigenvalue weighted by molar-refractivity contribution is 9.10. The number of carbonyl (C=O) groups excluding carboxylic acids is 1. The van der Waals surface area contributed by atoms with E-state index >= 15 is 0 Å². The molecule has 1 N–H and O–H groups in total. The van der Waals surface area contributed by atoms with E-state index in [4.69, 9.17) is 23.2 Å². The number of sulfonamides is 1. The van der Waals surface area contributed by atoms with Crippen molar-refractivity contribution >= 4 is 60.7 Å². The van der Waals surface area contributed by atoms with Gasteiger partial charge in [0.25, 0.3) is 0 Å². The molecular formula is C22H25BrCl2N2O3S. The smallest absolute Gasteiger partial charge is 0.244 e. The number of anilines is 1. The third kappa shape index (κ3) is 5.45. The van der Waals surface area contributed by atoms with Gasteiger partial charge in [-0.25, -0.2) is 8.42 Å². The lowest BCUT2D eigenvalue weighted by atomic mass is 9.97. The average molecular weight is 548 g/mol. The Hall–Kier alpha value is -1.12. The minimum atomic E-state index is -3.86. The van der Waals surface area contributed by atoms with Crippen LogP contribution in [0, 0.1) is 5.92 Å². The van der Waals surface area contributed by atoms with Gasteiger partial charge in [0, 0.05) is 28.3 Å². The number of halogens is 3. The van der Waals surface area contributed by atoms with E-state index in [0.717, 1.165) is 34.1 Å². The quantitative estimate of drug-likeness (QED) is 0.488. The molecule has 168 valence electrons. The number of aryl methyl sites for hydroxylation is 2. The molecule has 0 aliphatic carbocycles. The van der Waals surface area contributed by atoms with Crippen LogP contribution in [0.2, 0.25) is 10.0 Å². The first kappa shape index (κ1) is 24.5. The first-order valence-corrected chi connectivity index (χ1v) is 13.2. The number of amides is 1. The van der Waals surface area contributed by atoms with Gasteiger partial charge in [0.05, 0.1) is 10.9 Å². The van der Waals surface area contributed by atoms with Crippen LogP contribution >= 0.6 is 39.1 Å². The Balaban J connectivity index is 1.83. The van der Waals surface area contributed by atoms with E-state index in [1.807, 2.05) is 26.0 Å². The second kappa shape index (κ2) is 10.2. The van der Waals surface area contributed by atoms with Crippen molar-refractivity contribution in [2.24, 2.45) is 5.92 Å². The van der Waals surface area contributed by atoms with Crippen LogP contribution in [0.3, 0.4) is 0 Å². The molecule has 3 rings (SSSR count). The molecule has 0 bridgehead atoms. The van der Waals surface area contributed by atoms with Crippen molar-refractivity contribution in [3.63, 3.8) is 0 Å². The number of hydrogen-bond acceptors (Lipinski definition) is 3. The molecule has 9 heteroatoms. The summed E-state index contributed by atoms with van der Waals surface area (Å²) in [5.74, 6) is -0.608. The van der Waals surface area contributed by atoms with Crippen molar-refractivity contribution in [3.8, 4) is 0 Å². The number of carbonyl (C=O) groups is 1. The lowest BCUT2D eigenvalue weighted by Crippen LogP contribution is -2.43. The van der Waals surface area contributed by atoms with Gasteiger partial charge < -0.3 is 5.32 Å². The Labute approximate surface area is 202 Å². The van der Waals surface area contributed by atoms with Crippen molar-refractivity contribution in [1.29, 1.82) is 0 Å². The molecule has 1 amide bonds. The molecule has 0 radical (unpaired) electrons. The van der Waals surface area contributed by atoms with Gasteiger partial charge in [0.15, 0.2) is 0 Å². The zero-order chi connectivity index (χ0) is 22.8. The van der Waals surface area contributed by atoms with Gasteiger partial charge in [0.2, 0.25) is 15.9 Å². The fourth-order valence-corrected chi connectivity index (χ4v) is 6.67. The second-order valence-electron chi connectivity index (χ2n) is 7.57. The molecule has 0 aromatic heterocycles. The molecule has 2 aromatic rings. The van der Waals surface area contributed by atoms with Crippen LogP contribution in [0.25, 0.3) is 0 Å². The summed E-state index contributed by atoms with van der Waals surface area (Å²) in [4.78, 5) is 13.1. The zero-order valence-corrected chi connectivity index (χ0v) is 21.3. The van der Waals surface area contributed by atoms with Crippen LogP contribution in [0.4, 0.5) is 5.69 Å².